The Balaban J connectivity index is 1.73. The number of para-hydroxylation sites is 1. The molecule has 1 aliphatic heterocycles. The van der Waals surface area contributed by atoms with Gasteiger partial charge in [-0.15, -0.1) is 0 Å². The Morgan fingerprint density at radius 1 is 1.39 bits per heavy atom. The van der Waals surface area contributed by atoms with Crippen LogP contribution in [0.5, 0.6) is 5.75 Å². The summed E-state index contributed by atoms with van der Waals surface area (Å²) in [5.74, 6) is 0.813. The minimum absolute atomic E-state index is 0.0515. The summed E-state index contributed by atoms with van der Waals surface area (Å²) in [6.07, 6.45) is 7.59. The highest BCUT2D eigenvalue weighted by Gasteiger charge is 2.26. The van der Waals surface area contributed by atoms with Crippen LogP contribution in [-0.4, -0.2) is 28.5 Å². The molecule has 0 aliphatic carbocycles. The molecule has 118 valence electrons. The maximum Gasteiger partial charge on any atom is 0.246 e. The van der Waals surface area contributed by atoms with Crippen molar-refractivity contribution in [3.8, 4) is 16.9 Å². The van der Waals surface area contributed by atoms with Crippen molar-refractivity contribution < 1.29 is 9.53 Å². The number of aromatic nitrogens is 2. The number of carbonyl (C=O) groups excluding carboxylic acids is 1. The predicted octanol–water partition coefficient (Wildman–Crippen LogP) is 2.53. The molecule has 0 fully saturated rings. The third-order valence-electron chi connectivity index (χ3n) is 3.98. The summed E-state index contributed by atoms with van der Waals surface area (Å²) in [6.45, 7) is 4.14. The van der Waals surface area contributed by atoms with Crippen molar-refractivity contribution in [2.24, 2.45) is 0 Å². The van der Waals surface area contributed by atoms with Crippen LogP contribution in [0.25, 0.3) is 11.1 Å². The lowest BCUT2D eigenvalue weighted by atomic mass is 10.0. The Kier molecular flexibility index (Phi) is 4.37. The van der Waals surface area contributed by atoms with Gasteiger partial charge in [-0.3, -0.25) is 4.79 Å². The molecule has 0 spiro atoms. The Hall–Kier alpha value is -2.69. The van der Waals surface area contributed by atoms with Gasteiger partial charge in [0.15, 0.2) is 0 Å². The minimum atomic E-state index is -0.0521. The molecule has 0 radical (unpaired) electrons. The van der Waals surface area contributed by atoms with E-state index in [4.69, 9.17) is 4.74 Å². The first kappa shape index (κ1) is 15.2. The van der Waals surface area contributed by atoms with E-state index in [1.54, 1.807) is 25.4 Å². The molecule has 1 N–H and O–H groups in total. The lowest BCUT2D eigenvalue weighted by molar-refractivity contribution is -0.117. The molecule has 1 aromatic carbocycles. The van der Waals surface area contributed by atoms with Crippen LogP contribution in [0.15, 0.2) is 48.6 Å². The Morgan fingerprint density at radius 2 is 2.17 bits per heavy atom. The predicted molar refractivity (Wildman–Crippen MR) is 88.0 cm³/mol. The number of amides is 1. The van der Waals surface area contributed by atoms with Crippen LogP contribution in [0, 0.1) is 0 Å². The largest absolute Gasteiger partial charge is 0.487 e. The molecule has 3 rings (SSSR count). The molecule has 5 nitrogen and oxygen atoms in total. The van der Waals surface area contributed by atoms with Crippen LogP contribution >= 0.6 is 0 Å². The highest BCUT2D eigenvalue weighted by Crippen LogP contribution is 2.38. The molecule has 1 atom stereocenters. The molecule has 1 amide bonds. The SMILES string of the molecule is C/C=C(\C)C(=O)NCC1Cc2cccc(-c3cncnc3)c2O1. The standard InChI is InChI=1S/C18H19N3O2/c1-3-12(2)18(22)21-10-15-7-13-5-4-6-16(17(13)23-15)14-8-19-11-20-9-14/h3-6,8-9,11,15H,7,10H2,1-2H3,(H,21,22)/b12-3+. The van der Waals surface area contributed by atoms with E-state index in [0.29, 0.717) is 12.1 Å². The number of ether oxygens (including phenoxy) is 1. The summed E-state index contributed by atoms with van der Waals surface area (Å²) in [5.41, 5.74) is 3.77. The molecule has 0 saturated carbocycles. The molecule has 2 aromatic rings. The Labute approximate surface area is 135 Å². The van der Waals surface area contributed by atoms with Gasteiger partial charge < -0.3 is 10.1 Å². The summed E-state index contributed by atoms with van der Waals surface area (Å²) in [4.78, 5) is 20.0. The van der Waals surface area contributed by atoms with Crippen LogP contribution in [-0.2, 0) is 11.2 Å². The zero-order chi connectivity index (χ0) is 16.2. The van der Waals surface area contributed by atoms with Gasteiger partial charge >= 0.3 is 0 Å². The first-order valence-corrected chi connectivity index (χ1v) is 7.64. The number of benzene rings is 1. The molecule has 23 heavy (non-hydrogen) atoms. The van der Waals surface area contributed by atoms with Crippen molar-refractivity contribution in [1.29, 1.82) is 0 Å². The fourth-order valence-corrected chi connectivity index (χ4v) is 2.59. The van der Waals surface area contributed by atoms with Gasteiger partial charge in [0.1, 0.15) is 18.2 Å². The second-order valence-electron chi connectivity index (χ2n) is 5.55. The number of nitrogens with zero attached hydrogens (tertiary/aromatic N) is 2. The van der Waals surface area contributed by atoms with E-state index >= 15 is 0 Å². The number of rotatable bonds is 4. The molecule has 0 saturated heterocycles. The van der Waals surface area contributed by atoms with Gasteiger partial charge in [0.25, 0.3) is 0 Å². The summed E-state index contributed by atoms with van der Waals surface area (Å²) < 4.78 is 6.07. The topological polar surface area (TPSA) is 64.1 Å². The third kappa shape index (κ3) is 3.23. The normalized spacial score (nSPS) is 16.6. The lowest BCUT2D eigenvalue weighted by Gasteiger charge is -2.13. The van der Waals surface area contributed by atoms with Crippen LogP contribution in [0.2, 0.25) is 0 Å². The summed E-state index contributed by atoms with van der Waals surface area (Å²) in [7, 11) is 0. The van der Waals surface area contributed by atoms with Gasteiger partial charge in [-0.05, 0) is 19.4 Å². The van der Waals surface area contributed by atoms with Gasteiger partial charge in [-0.2, -0.15) is 0 Å². The van der Waals surface area contributed by atoms with Gasteiger partial charge in [0, 0.05) is 35.5 Å². The van der Waals surface area contributed by atoms with Crippen molar-refractivity contribution in [1.82, 2.24) is 15.3 Å². The number of fused-ring (bicyclic) bond motifs is 1. The Morgan fingerprint density at radius 3 is 2.91 bits per heavy atom. The van der Waals surface area contributed by atoms with Crippen LogP contribution in [0.3, 0.4) is 0 Å². The van der Waals surface area contributed by atoms with E-state index in [1.807, 2.05) is 19.1 Å². The molecule has 5 heteroatoms. The van der Waals surface area contributed by atoms with Gasteiger partial charge in [-0.1, -0.05) is 24.3 Å². The number of allylic oxidation sites excluding steroid dienone is 1. The average Bonchev–Trinajstić information content (AvgIpc) is 3.02. The first-order valence-electron chi connectivity index (χ1n) is 7.64. The van der Waals surface area contributed by atoms with E-state index < -0.39 is 0 Å². The maximum absolute atomic E-state index is 11.8. The maximum atomic E-state index is 11.8. The van der Waals surface area contributed by atoms with Gasteiger partial charge in [0.05, 0.1) is 6.54 Å². The van der Waals surface area contributed by atoms with Crippen LogP contribution in [0.1, 0.15) is 19.4 Å². The van der Waals surface area contributed by atoms with Crippen LogP contribution in [0.4, 0.5) is 0 Å². The number of hydrogen-bond acceptors (Lipinski definition) is 4. The van der Waals surface area contributed by atoms with Gasteiger partial charge in [-0.25, -0.2) is 9.97 Å². The second-order valence-corrected chi connectivity index (χ2v) is 5.55. The quantitative estimate of drug-likeness (QED) is 0.882. The third-order valence-corrected chi connectivity index (χ3v) is 3.98. The fraction of sp³-hybridized carbons (Fsp3) is 0.278. The molecule has 0 bridgehead atoms. The van der Waals surface area contributed by atoms with E-state index in [9.17, 15) is 4.79 Å². The van der Waals surface area contributed by atoms with Crippen molar-refractivity contribution in [3.05, 3.63) is 54.1 Å². The Bertz CT molecular complexity index is 741. The minimum Gasteiger partial charge on any atom is -0.487 e. The zero-order valence-electron chi connectivity index (χ0n) is 13.2. The molecular formula is C18H19N3O2. The fourth-order valence-electron chi connectivity index (χ4n) is 2.59. The van der Waals surface area contributed by atoms with E-state index in [0.717, 1.165) is 28.9 Å². The number of nitrogens with one attached hydrogen (secondary N) is 1. The summed E-state index contributed by atoms with van der Waals surface area (Å²) in [6, 6.07) is 6.07. The smallest absolute Gasteiger partial charge is 0.246 e. The van der Waals surface area contributed by atoms with Gasteiger partial charge in [0.2, 0.25) is 5.91 Å². The van der Waals surface area contributed by atoms with E-state index in [-0.39, 0.29) is 12.0 Å². The van der Waals surface area contributed by atoms with Crippen molar-refractivity contribution in [2.75, 3.05) is 6.54 Å². The zero-order valence-corrected chi connectivity index (χ0v) is 13.2. The summed E-state index contributed by atoms with van der Waals surface area (Å²) in [5, 5.41) is 2.91. The lowest BCUT2D eigenvalue weighted by Crippen LogP contribution is -2.34. The number of hydrogen-bond donors (Lipinski definition) is 1. The number of carbonyl (C=O) groups is 1. The van der Waals surface area contributed by atoms with E-state index in [1.165, 1.54) is 6.33 Å². The van der Waals surface area contributed by atoms with Crippen LogP contribution < -0.4 is 10.1 Å². The average molecular weight is 309 g/mol. The molecule has 1 aliphatic rings. The molecule has 2 heterocycles. The molecular weight excluding hydrogens is 290 g/mol. The van der Waals surface area contributed by atoms with Crippen molar-refractivity contribution in [3.63, 3.8) is 0 Å². The van der Waals surface area contributed by atoms with Crippen molar-refractivity contribution in [2.45, 2.75) is 26.4 Å². The molecule has 1 unspecified atom stereocenters. The second kappa shape index (κ2) is 6.60. The highest BCUT2D eigenvalue weighted by molar-refractivity contribution is 5.92. The van der Waals surface area contributed by atoms with Crippen molar-refractivity contribution >= 4 is 5.91 Å². The summed E-state index contributed by atoms with van der Waals surface area (Å²) >= 11 is 0. The monoisotopic (exact) mass is 309 g/mol. The highest BCUT2D eigenvalue weighted by atomic mass is 16.5. The van der Waals surface area contributed by atoms with E-state index in [2.05, 4.69) is 21.4 Å². The molecule has 1 aromatic heterocycles. The first-order chi connectivity index (χ1) is 11.2.